The first-order chi connectivity index (χ1) is 17.7. The molecule has 1 aliphatic rings. The molecule has 0 unspecified atom stereocenters. The molecule has 1 aliphatic heterocycles. The number of hydrogen-bond donors (Lipinski definition) is 1. The molecule has 0 amide bonds. The first kappa shape index (κ1) is 30.5. The average molecular weight is 586 g/mol. The maximum Gasteiger partial charge on any atom is 0.420 e. The highest BCUT2D eigenvalue weighted by Crippen LogP contribution is 2.47. The van der Waals surface area contributed by atoms with Crippen LogP contribution in [0.1, 0.15) is 39.2 Å². The van der Waals surface area contributed by atoms with Gasteiger partial charge < -0.3 is 14.7 Å². The van der Waals surface area contributed by atoms with Crippen LogP contribution in [0.25, 0.3) is 0 Å². The Morgan fingerprint density at radius 2 is 1.67 bits per heavy atom. The number of carboxylic acids is 1. The second-order valence-corrected chi connectivity index (χ2v) is 12.1. The van der Waals surface area contributed by atoms with E-state index >= 15 is 4.39 Å². The van der Waals surface area contributed by atoms with Gasteiger partial charge >= 0.3 is 12.1 Å². The fourth-order valence-corrected chi connectivity index (χ4v) is 5.67. The molecule has 14 heteroatoms. The molecule has 1 N–H and O–H groups in total. The van der Waals surface area contributed by atoms with Crippen LogP contribution in [-0.2, 0) is 20.8 Å². The number of fused-ring (bicyclic) bond motifs is 1. The van der Waals surface area contributed by atoms with Crippen LogP contribution in [0.3, 0.4) is 0 Å². The average Bonchev–Trinajstić information content (AvgIpc) is 2.88. The number of alkyl halides is 6. The Balaban J connectivity index is 2.26. The Morgan fingerprint density at radius 1 is 1.08 bits per heavy atom. The zero-order valence-electron chi connectivity index (χ0n) is 21.0. The summed E-state index contributed by atoms with van der Waals surface area (Å²) < 4.78 is 130. The lowest BCUT2D eigenvalue weighted by molar-refractivity contribution is -0.148. The molecule has 0 spiro atoms. The van der Waals surface area contributed by atoms with Gasteiger partial charge in [0.2, 0.25) is 21.3 Å². The van der Waals surface area contributed by atoms with Crippen molar-refractivity contribution in [3.05, 3.63) is 47.8 Å². The van der Waals surface area contributed by atoms with Gasteiger partial charge in [0, 0.05) is 30.6 Å². The summed E-state index contributed by atoms with van der Waals surface area (Å²) in [4.78, 5) is 11.5. The maximum atomic E-state index is 15.6. The standard InChI is InChI=1S/C25H26F7NO5S/c1-23(2,22(34)35)13-38-19-11-20-18(10-17(19)25(30,31)32)33(16-6-4-15(26)5-7-16)12-14(8-9-24(3,28)29)21(27)39(20,36)37/h4-7,10-11,14,21H,8-9,12-13H2,1-3H3,(H,34,35)/t14-,21+/m1/s1. The predicted octanol–water partition coefficient (Wildman–Crippen LogP) is 6.61. The van der Waals surface area contributed by atoms with E-state index in [2.05, 4.69) is 0 Å². The third-order valence-corrected chi connectivity index (χ3v) is 8.23. The number of rotatable bonds is 8. The Bertz CT molecular complexity index is 1320. The number of halogens is 7. The van der Waals surface area contributed by atoms with E-state index in [-0.39, 0.29) is 5.69 Å². The number of hydrogen-bond acceptors (Lipinski definition) is 5. The normalized spacial score (nSPS) is 19.8. The lowest BCUT2D eigenvalue weighted by Crippen LogP contribution is -2.32. The molecule has 2 atom stereocenters. The summed E-state index contributed by atoms with van der Waals surface area (Å²) in [6, 6.07) is 5.04. The van der Waals surface area contributed by atoms with E-state index in [1.807, 2.05) is 0 Å². The fraction of sp³-hybridized carbons (Fsp3) is 0.480. The van der Waals surface area contributed by atoms with Crippen molar-refractivity contribution in [2.24, 2.45) is 11.3 Å². The van der Waals surface area contributed by atoms with Crippen molar-refractivity contribution in [2.75, 3.05) is 18.1 Å². The molecule has 216 valence electrons. The predicted molar refractivity (Wildman–Crippen MR) is 127 cm³/mol. The summed E-state index contributed by atoms with van der Waals surface area (Å²) in [5.41, 5.74) is -6.55. The Morgan fingerprint density at radius 3 is 2.18 bits per heavy atom. The minimum Gasteiger partial charge on any atom is -0.492 e. The van der Waals surface area contributed by atoms with Crippen LogP contribution >= 0.6 is 0 Å². The summed E-state index contributed by atoms with van der Waals surface area (Å²) in [5.74, 6) is -8.04. The van der Waals surface area contributed by atoms with Gasteiger partial charge in [-0.05, 0) is 57.5 Å². The van der Waals surface area contributed by atoms with Gasteiger partial charge in [-0.2, -0.15) is 13.2 Å². The number of carboxylic acid groups (broad SMARTS) is 1. The number of ether oxygens (including phenoxy) is 1. The number of carbonyl (C=O) groups is 1. The molecular formula is C25H26F7NO5S. The maximum absolute atomic E-state index is 15.6. The van der Waals surface area contributed by atoms with Gasteiger partial charge in [-0.15, -0.1) is 0 Å². The summed E-state index contributed by atoms with van der Waals surface area (Å²) in [6.45, 7) is 1.50. The van der Waals surface area contributed by atoms with Crippen LogP contribution < -0.4 is 9.64 Å². The van der Waals surface area contributed by atoms with Crippen molar-refractivity contribution >= 4 is 27.2 Å². The monoisotopic (exact) mass is 585 g/mol. The lowest BCUT2D eigenvalue weighted by atomic mass is 9.95. The smallest absolute Gasteiger partial charge is 0.420 e. The van der Waals surface area contributed by atoms with Gasteiger partial charge in [0.25, 0.3) is 0 Å². The molecule has 0 aromatic heterocycles. The second kappa shape index (κ2) is 10.5. The summed E-state index contributed by atoms with van der Waals surface area (Å²) in [5, 5.41) is 9.28. The lowest BCUT2D eigenvalue weighted by Gasteiger charge is -2.29. The number of benzene rings is 2. The molecule has 3 rings (SSSR count). The van der Waals surface area contributed by atoms with Gasteiger partial charge in [-0.25, -0.2) is 26.0 Å². The van der Waals surface area contributed by atoms with Gasteiger partial charge in [0.15, 0.2) is 0 Å². The van der Waals surface area contributed by atoms with E-state index in [4.69, 9.17) is 4.74 Å². The molecule has 0 aliphatic carbocycles. The van der Waals surface area contributed by atoms with Crippen LogP contribution in [-0.4, -0.2) is 44.1 Å². The highest BCUT2D eigenvalue weighted by atomic mass is 32.2. The van der Waals surface area contributed by atoms with Crippen molar-refractivity contribution in [3.63, 3.8) is 0 Å². The largest absolute Gasteiger partial charge is 0.492 e. The van der Waals surface area contributed by atoms with E-state index in [1.165, 1.54) is 13.8 Å². The van der Waals surface area contributed by atoms with Crippen LogP contribution in [0.5, 0.6) is 5.75 Å². The minimum atomic E-state index is -5.12. The summed E-state index contributed by atoms with van der Waals surface area (Å²) >= 11 is 0. The summed E-state index contributed by atoms with van der Waals surface area (Å²) in [6.07, 6.45) is -6.65. The van der Waals surface area contributed by atoms with E-state index in [0.29, 0.717) is 19.1 Å². The molecule has 39 heavy (non-hydrogen) atoms. The van der Waals surface area contributed by atoms with Gasteiger partial charge in [-0.1, -0.05) is 0 Å². The van der Waals surface area contributed by atoms with Gasteiger partial charge in [-0.3, -0.25) is 4.79 Å². The van der Waals surface area contributed by atoms with Crippen molar-refractivity contribution in [1.82, 2.24) is 0 Å². The summed E-state index contributed by atoms with van der Waals surface area (Å²) in [7, 11) is -5.07. The van der Waals surface area contributed by atoms with Crippen LogP contribution in [0.15, 0.2) is 41.3 Å². The SMILES string of the molecule is CC(F)(F)CC[C@@H]1CN(c2ccc(F)cc2)c2cc(C(F)(F)F)c(OCC(C)(C)C(=O)O)cc2S(=O)(=O)[C@@H]1F. The van der Waals surface area contributed by atoms with E-state index in [9.17, 15) is 44.7 Å². The van der Waals surface area contributed by atoms with Crippen molar-refractivity contribution in [2.45, 2.75) is 56.1 Å². The van der Waals surface area contributed by atoms with Crippen molar-refractivity contribution in [1.29, 1.82) is 0 Å². The Labute approximate surface area is 220 Å². The van der Waals surface area contributed by atoms with Crippen molar-refractivity contribution < 1.29 is 53.8 Å². The van der Waals surface area contributed by atoms with E-state index < -0.39 is 98.4 Å². The van der Waals surface area contributed by atoms with Crippen LogP contribution in [0, 0.1) is 17.2 Å². The quantitative estimate of drug-likeness (QED) is 0.351. The first-order valence-corrected chi connectivity index (χ1v) is 13.2. The van der Waals surface area contributed by atoms with E-state index in [1.54, 1.807) is 0 Å². The molecule has 0 saturated heterocycles. The molecule has 2 aromatic rings. The Kier molecular flexibility index (Phi) is 8.22. The van der Waals surface area contributed by atoms with Crippen molar-refractivity contribution in [3.8, 4) is 5.75 Å². The van der Waals surface area contributed by atoms with E-state index in [0.717, 1.165) is 29.2 Å². The van der Waals surface area contributed by atoms with Gasteiger partial charge in [0.1, 0.15) is 18.2 Å². The fourth-order valence-electron chi connectivity index (χ4n) is 3.97. The van der Waals surface area contributed by atoms with Gasteiger partial charge in [0.05, 0.1) is 21.6 Å². The number of nitrogens with zero attached hydrogens (tertiary/aromatic N) is 1. The number of anilines is 2. The van der Waals surface area contributed by atoms with Crippen LogP contribution in [0.4, 0.5) is 42.1 Å². The number of aliphatic carboxylic acids is 1. The molecule has 2 aromatic carbocycles. The topological polar surface area (TPSA) is 83.9 Å². The highest BCUT2D eigenvalue weighted by molar-refractivity contribution is 7.92. The second-order valence-electron chi connectivity index (χ2n) is 10.1. The van der Waals surface area contributed by atoms with Crippen LogP contribution in [0.2, 0.25) is 0 Å². The zero-order valence-corrected chi connectivity index (χ0v) is 21.8. The minimum absolute atomic E-state index is 0.0102. The molecule has 0 radical (unpaired) electrons. The number of sulfone groups is 1. The third kappa shape index (κ3) is 6.76. The molecule has 0 fully saturated rings. The Hall–Kier alpha value is -3.03. The molecule has 6 nitrogen and oxygen atoms in total. The zero-order chi connectivity index (χ0) is 29.6. The molecule has 0 saturated carbocycles. The third-order valence-electron chi connectivity index (χ3n) is 6.31. The molecule has 1 heterocycles. The highest BCUT2D eigenvalue weighted by Gasteiger charge is 2.45. The molecular weight excluding hydrogens is 559 g/mol. The first-order valence-electron chi connectivity index (χ1n) is 11.6. The molecule has 0 bridgehead atoms.